The van der Waals surface area contributed by atoms with E-state index in [1.54, 1.807) is 0 Å². The second-order valence-corrected chi connectivity index (χ2v) is 6.94. The number of nitrogens with one attached hydrogen (secondary N) is 2. The number of carbonyl (C=O) groups excluding carboxylic acids is 2. The average Bonchev–Trinajstić information content (AvgIpc) is 3.21. The normalized spacial score (nSPS) is 25.0. The van der Waals surface area contributed by atoms with Crippen LogP contribution in [0.4, 0.5) is 18.9 Å². The third kappa shape index (κ3) is 4.48. The van der Waals surface area contributed by atoms with Crippen LogP contribution < -0.4 is 10.6 Å². The van der Waals surface area contributed by atoms with Gasteiger partial charge in [-0.15, -0.1) is 0 Å². The molecule has 0 radical (unpaired) electrons. The molecular formula is C17H18ClF3N2O3. The fourth-order valence-corrected chi connectivity index (χ4v) is 3.18. The number of hydrogen-bond acceptors (Lipinski definition) is 3. The Morgan fingerprint density at radius 2 is 1.96 bits per heavy atom. The standard InChI is InChI=1S/C17H18ClF3N2O3/c18-9-3-4-14(13(6-9)17(19,20)21)23-16(25)12-7-11(12)15(24)22-8-10-2-1-5-26-10/h3-4,6,10-12H,1-2,5,7-8H2,(H,22,24)(H,23,25). The second kappa shape index (κ2) is 7.44. The Kier molecular flexibility index (Phi) is 5.43. The zero-order valence-electron chi connectivity index (χ0n) is 13.7. The van der Waals surface area contributed by atoms with Crippen LogP contribution >= 0.6 is 11.6 Å². The Morgan fingerprint density at radius 3 is 2.62 bits per heavy atom. The van der Waals surface area contributed by atoms with Crippen LogP contribution in [0.3, 0.4) is 0 Å². The zero-order valence-corrected chi connectivity index (χ0v) is 14.5. The fraction of sp³-hybridized carbons (Fsp3) is 0.529. The Labute approximate surface area is 153 Å². The maximum Gasteiger partial charge on any atom is 0.418 e. The lowest BCUT2D eigenvalue weighted by atomic mass is 10.1. The van der Waals surface area contributed by atoms with Crippen molar-refractivity contribution >= 4 is 29.1 Å². The summed E-state index contributed by atoms with van der Waals surface area (Å²) in [5, 5.41) is 4.93. The number of amides is 2. The van der Waals surface area contributed by atoms with E-state index in [0.29, 0.717) is 19.6 Å². The van der Waals surface area contributed by atoms with Gasteiger partial charge in [-0.05, 0) is 37.5 Å². The molecule has 142 valence electrons. The van der Waals surface area contributed by atoms with E-state index in [9.17, 15) is 22.8 Å². The highest BCUT2D eigenvalue weighted by molar-refractivity contribution is 6.30. The highest BCUT2D eigenvalue weighted by atomic mass is 35.5. The summed E-state index contributed by atoms with van der Waals surface area (Å²) in [6.07, 6.45) is -2.50. The number of hydrogen-bond donors (Lipinski definition) is 2. The number of ether oxygens (including phenoxy) is 1. The predicted molar refractivity (Wildman–Crippen MR) is 88.7 cm³/mol. The van der Waals surface area contributed by atoms with Gasteiger partial charge in [0.25, 0.3) is 0 Å². The number of anilines is 1. The van der Waals surface area contributed by atoms with Crippen LogP contribution in [0.5, 0.6) is 0 Å². The summed E-state index contributed by atoms with van der Waals surface area (Å²) in [6.45, 7) is 1.07. The van der Waals surface area contributed by atoms with Crippen molar-refractivity contribution in [3.8, 4) is 0 Å². The van der Waals surface area contributed by atoms with Crippen molar-refractivity contribution in [1.29, 1.82) is 0 Å². The van der Waals surface area contributed by atoms with Crippen LogP contribution in [0, 0.1) is 11.8 Å². The molecule has 3 atom stereocenters. The SMILES string of the molecule is O=C(NCC1CCCO1)C1CC1C(=O)Nc1ccc(Cl)cc1C(F)(F)F. The molecule has 2 aliphatic rings. The van der Waals surface area contributed by atoms with Gasteiger partial charge in [0.05, 0.1) is 29.2 Å². The lowest BCUT2D eigenvalue weighted by Gasteiger charge is -2.14. The van der Waals surface area contributed by atoms with Gasteiger partial charge in [-0.3, -0.25) is 9.59 Å². The third-order valence-electron chi connectivity index (χ3n) is 4.54. The predicted octanol–water partition coefficient (Wildman–Crippen LogP) is 3.23. The van der Waals surface area contributed by atoms with E-state index in [1.165, 1.54) is 6.07 Å². The summed E-state index contributed by atoms with van der Waals surface area (Å²) in [7, 11) is 0. The first-order valence-corrected chi connectivity index (χ1v) is 8.70. The van der Waals surface area contributed by atoms with E-state index in [4.69, 9.17) is 16.3 Å². The molecule has 1 aliphatic heterocycles. The summed E-state index contributed by atoms with van der Waals surface area (Å²) in [5.41, 5.74) is -1.38. The molecule has 3 rings (SSSR count). The molecular weight excluding hydrogens is 373 g/mol. The number of rotatable bonds is 5. The van der Waals surface area contributed by atoms with E-state index in [2.05, 4.69) is 10.6 Å². The number of alkyl halides is 3. The summed E-state index contributed by atoms with van der Waals surface area (Å²) in [6, 6.07) is 3.14. The van der Waals surface area contributed by atoms with Crippen LogP contribution in [-0.2, 0) is 20.5 Å². The highest BCUT2D eigenvalue weighted by Gasteiger charge is 2.48. The van der Waals surface area contributed by atoms with Crippen molar-refractivity contribution in [2.75, 3.05) is 18.5 Å². The summed E-state index contributed by atoms with van der Waals surface area (Å²) < 4.78 is 44.6. The molecule has 2 fully saturated rings. The Hall–Kier alpha value is -1.80. The van der Waals surface area contributed by atoms with Crippen LogP contribution in [0.1, 0.15) is 24.8 Å². The molecule has 3 unspecified atom stereocenters. The first-order valence-electron chi connectivity index (χ1n) is 8.32. The molecule has 0 aromatic heterocycles. The van der Waals surface area contributed by atoms with Gasteiger partial charge in [0.15, 0.2) is 0 Å². The van der Waals surface area contributed by atoms with E-state index < -0.39 is 29.5 Å². The highest BCUT2D eigenvalue weighted by Crippen LogP contribution is 2.41. The Morgan fingerprint density at radius 1 is 1.23 bits per heavy atom. The molecule has 2 amide bonds. The van der Waals surface area contributed by atoms with Crippen molar-refractivity contribution in [1.82, 2.24) is 5.32 Å². The van der Waals surface area contributed by atoms with Crippen molar-refractivity contribution in [3.05, 3.63) is 28.8 Å². The smallest absolute Gasteiger partial charge is 0.376 e. The molecule has 0 spiro atoms. The van der Waals surface area contributed by atoms with Gasteiger partial charge in [-0.25, -0.2) is 0 Å². The quantitative estimate of drug-likeness (QED) is 0.811. The summed E-state index contributed by atoms with van der Waals surface area (Å²) in [5.74, 6) is -2.02. The van der Waals surface area contributed by atoms with Crippen LogP contribution in [0.25, 0.3) is 0 Å². The fourth-order valence-electron chi connectivity index (χ4n) is 3.01. The van der Waals surface area contributed by atoms with Crippen molar-refractivity contribution in [3.63, 3.8) is 0 Å². The lowest BCUT2D eigenvalue weighted by molar-refractivity contribution is -0.137. The Bertz CT molecular complexity index is 705. The van der Waals surface area contributed by atoms with Crippen LogP contribution in [0.2, 0.25) is 5.02 Å². The van der Waals surface area contributed by atoms with Gasteiger partial charge >= 0.3 is 6.18 Å². The molecule has 0 bridgehead atoms. The molecule has 1 aromatic rings. The number of halogens is 4. The second-order valence-electron chi connectivity index (χ2n) is 6.51. The van der Waals surface area contributed by atoms with Crippen LogP contribution in [-0.4, -0.2) is 31.1 Å². The molecule has 1 aromatic carbocycles. The first kappa shape index (κ1) is 19.0. The van der Waals surface area contributed by atoms with E-state index in [0.717, 1.165) is 25.0 Å². The minimum atomic E-state index is -4.64. The van der Waals surface area contributed by atoms with Gasteiger partial charge in [0.2, 0.25) is 11.8 Å². The van der Waals surface area contributed by atoms with Gasteiger partial charge in [-0.1, -0.05) is 11.6 Å². The van der Waals surface area contributed by atoms with Gasteiger partial charge < -0.3 is 15.4 Å². The maximum absolute atomic E-state index is 13.1. The molecule has 26 heavy (non-hydrogen) atoms. The molecule has 9 heteroatoms. The molecule has 1 heterocycles. The average molecular weight is 391 g/mol. The van der Waals surface area contributed by atoms with Gasteiger partial charge in [0, 0.05) is 18.2 Å². The van der Waals surface area contributed by atoms with E-state index in [1.807, 2.05) is 0 Å². The molecule has 2 N–H and O–H groups in total. The van der Waals surface area contributed by atoms with Crippen molar-refractivity contribution < 1.29 is 27.5 Å². The number of benzene rings is 1. The molecule has 1 saturated heterocycles. The molecule has 5 nitrogen and oxygen atoms in total. The van der Waals surface area contributed by atoms with Crippen molar-refractivity contribution in [2.45, 2.75) is 31.5 Å². The lowest BCUT2D eigenvalue weighted by Crippen LogP contribution is -2.33. The largest absolute Gasteiger partial charge is 0.418 e. The van der Waals surface area contributed by atoms with Gasteiger partial charge in [0.1, 0.15) is 0 Å². The van der Waals surface area contributed by atoms with Crippen LogP contribution in [0.15, 0.2) is 18.2 Å². The van der Waals surface area contributed by atoms with Gasteiger partial charge in [-0.2, -0.15) is 13.2 Å². The summed E-state index contributed by atoms with van der Waals surface area (Å²) in [4.78, 5) is 24.3. The maximum atomic E-state index is 13.1. The van der Waals surface area contributed by atoms with E-state index >= 15 is 0 Å². The molecule has 1 aliphatic carbocycles. The molecule has 1 saturated carbocycles. The first-order chi connectivity index (χ1) is 12.3. The topological polar surface area (TPSA) is 67.4 Å². The summed E-state index contributed by atoms with van der Waals surface area (Å²) >= 11 is 5.61. The zero-order chi connectivity index (χ0) is 18.9. The monoisotopic (exact) mass is 390 g/mol. The van der Waals surface area contributed by atoms with E-state index in [-0.39, 0.29) is 22.7 Å². The van der Waals surface area contributed by atoms with Crippen molar-refractivity contribution in [2.24, 2.45) is 11.8 Å². The minimum absolute atomic E-state index is 0.00612. The Balaban J connectivity index is 1.56. The number of carbonyl (C=O) groups is 2. The third-order valence-corrected chi connectivity index (χ3v) is 4.77. The minimum Gasteiger partial charge on any atom is -0.376 e.